The van der Waals surface area contributed by atoms with Gasteiger partial charge in [-0.1, -0.05) is 41.0 Å². The molecule has 0 amide bonds. The van der Waals surface area contributed by atoms with Crippen molar-refractivity contribution in [2.45, 2.75) is 59.3 Å². The number of methoxy groups -OCH3 is 1. The van der Waals surface area contributed by atoms with Crippen LogP contribution in [0.4, 0.5) is 0 Å². The summed E-state index contributed by atoms with van der Waals surface area (Å²) in [7, 11) is 1.44. The maximum atomic E-state index is 11.4. The number of esters is 1. The average Bonchev–Trinajstić information content (AvgIpc) is 2.46. The quantitative estimate of drug-likeness (QED) is 0.470. The van der Waals surface area contributed by atoms with Crippen molar-refractivity contribution in [2.75, 3.05) is 7.11 Å². The van der Waals surface area contributed by atoms with Gasteiger partial charge >= 0.3 is 5.97 Å². The first-order valence-corrected chi connectivity index (χ1v) is 7.77. The van der Waals surface area contributed by atoms with Crippen LogP contribution in [-0.2, 0) is 9.53 Å². The Hall–Kier alpha value is -1.57. The van der Waals surface area contributed by atoms with Crippen molar-refractivity contribution >= 4 is 5.97 Å². The molecule has 0 heterocycles. The van der Waals surface area contributed by atoms with Crippen LogP contribution in [0.2, 0.25) is 0 Å². The van der Waals surface area contributed by atoms with Gasteiger partial charge < -0.3 is 4.74 Å². The van der Waals surface area contributed by atoms with E-state index in [-0.39, 0.29) is 5.97 Å². The topological polar surface area (TPSA) is 26.3 Å². The van der Waals surface area contributed by atoms with Crippen molar-refractivity contribution in [3.63, 3.8) is 0 Å². The molecule has 1 aliphatic rings. The number of carbonyl (C=O) groups excluding carboxylic acids is 1. The van der Waals surface area contributed by atoms with E-state index in [2.05, 4.69) is 39.0 Å². The minimum absolute atomic E-state index is 0.194. The maximum absolute atomic E-state index is 11.4. The van der Waals surface area contributed by atoms with E-state index < -0.39 is 0 Å². The standard InChI is InChI=1S/C19H28O2/c1-15(2)7-5-8-16(3)9-6-10-17-11-13-18(14-12-17)19(20)21-4/h7,9,11,14H,5-6,8,10,12-13H2,1-4H3/b16-9+. The first-order valence-electron chi connectivity index (χ1n) is 7.77. The van der Waals surface area contributed by atoms with Crippen molar-refractivity contribution in [1.82, 2.24) is 0 Å². The van der Waals surface area contributed by atoms with Crippen LogP contribution in [0.15, 0.2) is 46.6 Å². The molecule has 0 N–H and O–H groups in total. The molecule has 0 aromatic heterocycles. The first-order chi connectivity index (χ1) is 10.0. The Kier molecular flexibility index (Phi) is 7.81. The average molecular weight is 288 g/mol. The van der Waals surface area contributed by atoms with Gasteiger partial charge in [-0.2, -0.15) is 0 Å². The summed E-state index contributed by atoms with van der Waals surface area (Å²) in [6, 6.07) is 0. The van der Waals surface area contributed by atoms with Crippen LogP contribution in [0.1, 0.15) is 59.3 Å². The summed E-state index contributed by atoms with van der Waals surface area (Å²) in [6.45, 7) is 6.50. The monoisotopic (exact) mass is 288 g/mol. The zero-order valence-electron chi connectivity index (χ0n) is 13.9. The van der Waals surface area contributed by atoms with Crippen LogP contribution in [0.3, 0.4) is 0 Å². The van der Waals surface area contributed by atoms with Crippen molar-refractivity contribution in [3.8, 4) is 0 Å². The Balaban J connectivity index is 2.29. The molecular formula is C19H28O2. The molecule has 0 saturated carbocycles. The largest absolute Gasteiger partial charge is 0.466 e. The van der Waals surface area contributed by atoms with Crippen LogP contribution < -0.4 is 0 Å². The third-order valence-corrected chi connectivity index (χ3v) is 3.72. The third kappa shape index (κ3) is 7.12. The molecule has 2 heteroatoms. The number of hydrogen-bond donors (Lipinski definition) is 0. The van der Waals surface area contributed by atoms with Gasteiger partial charge in [-0.25, -0.2) is 4.79 Å². The fourth-order valence-electron chi connectivity index (χ4n) is 2.37. The van der Waals surface area contributed by atoms with Crippen molar-refractivity contribution < 1.29 is 9.53 Å². The molecule has 0 saturated heterocycles. The van der Waals surface area contributed by atoms with Crippen LogP contribution in [0.25, 0.3) is 0 Å². The predicted octanol–water partition coefficient (Wildman–Crippen LogP) is 5.28. The highest BCUT2D eigenvalue weighted by Crippen LogP contribution is 2.22. The predicted molar refractivity (Wildman–Crippen MR) is 89.1 cm³/mol. The lowest BCUT2D eigenvalue weighted by atomic mass is 9.95. The third-order valence-electron chi connectivity index (χ3n) is 3.72. The van der Waals surface area contributed by atoms with Crippen LogP contribution in [0.5, 0.6) is 0 Å². The zero-order chi connectivity index (χ0) is 15.7. The second-order valence-corrected chi connectivity index (χ2v) is 5.90. The van der Waals surface area contributed by atoms with Crippen LogP contribution in [-0.4, -0.2) is 13.1 Å². The molecule has 1 aliphatic carbocycles. The molecule has 21 heavy (non-hydrogen) atoms. The van der Waals surface area contributed by atoms with E-state index in [1.807, 2.05) is 6.08 Å². The SMILES string of the molecule is COC(=O)C1=CCC(CC/C=C(\C)CCC=C(C)C)=CC1. The molecule has 2 nitrogen and oxygen atoms in total. The molecule has 0 bridgehead atoms. The molecule has 0 aliphatic heterocycles. The summed E-state index contributed by atoms with van der Waals surface area (Å²) in [5, 5.41) is 0. The van der Waals surface area contributed by atoms with Crippen LogP contribution in [0, 0.1) is 0 Å². The number of ether oxygens (including phenoxy) is 1. The van der Waals surface area contributed by atoms with Crippen molar-refractivity contribution in [1.29, 1.82) is 0 Å². The van der Waals surface area contributed by atoms with E-state index in [1.54, 1.807) is 0 Å². The fourth-order valence-corrected chi connectivity index (χ4v) is 2.37. The Bertz CT molecular complexity index is 472. The Morgan fingerprint density at radius 1 is 1.14 bits per heavy atom. The van der Waals surface area contributed by atoms with Gasteiger partial charge in [0.2, 0.25) is 0 Å². The fraction of sp³-hybridized carbons (Fsp3) is 0.526. The van der Waals surface area contributed by atoms with Gasteiger partial charge in [0.1, 0.15) is 0 Å². The molecule has 0 aromatic rings. The van der Waals surface area contributed by atoms with Gasteiger partial charge in [0.15, 0.2) is 0 Å². The normalized spacial score (nSPS) is 15.1. The summed E-state index contributed by atoms with van der Waals surface area (Å²) in [5.74, 6) is -0.194. The molecule has 0 fully saturated rings. The van der Waals surface area contributed by atoms with E-state index in [1.165, 1.54) is 23.8 Å². The Labute approximate surface area is 129 Å². The van der Waals surface area contributed by atoms with Gasteiger partial charge in [0.05, 0.1) is 7.11 Å². The first kappa shape index (κ1) is 17.5. The minimum Gasteiger partial charge on any atom is -0.466 e. The summed E-state index contributed by atoms with van der Waals surface area (Å²) in [4.78, 5) is 11.4. The van der Waals surface area contributed by atoms with Gasteiger partial charge in [0.25, 0.3) is 0 Å². The van der Waals surface area contributed by atoms with E-state index in [0.717, 1.165) is 37.7 Å². The second kappa shape index (κ2) is 9.38. The number of rotatable bonds is 7. The van der Waals surface area contributed by atoms with Gasteiger partial charge in [-0.15, -0.1) is 0 Å². The lowest BCUT2D eigenvalue weighted by Gasteiger charge is -2.12. The second-order valence-electron chi connectivity index (χ2n) is 5.90. The number of allylic oxidation sites excluding steroid dienone is 7. The van der Waals surface area contributed by atoms with Gasteiger partial charge in [0, 0.05) is 5.57 Å². The summed E-state index contributed by atoms with van der Waals surface area (Å²) in [5.41, 5.74) is 5.07. The molecule has 0 radical (unpaired) electrons. The summed E-state index contributed by atoms with van der Waals surface area (Å²) >= 11 is 0. The van der Waals surface area contributed by atoms with Crippen LogP contribution >= 0.6 is 0 Å². The smallest absolute Gasteiger partial charge is 0.333 e. The van der Waals surface area contributed by atoms with Crippen molar-refractivity contribution in [3.05, 3.63) is 46.6 Å². The summed E-state index contributed by atoms with van der Waals surface area (Å²) in [6.07, 6.45) is 14.9. The number of carbonyl (C=O) groups is 1. The van der Waals surface area contributed by atoms with E-state index in [0.29, 0.717) is 6.42 Å². The molecule has 1 rings (SSSR count). The highest BCUT2D eigenvalue weighted by Gasteiger charge is 2.12. The summed E-state index contributed by atoms with van der Waals surface area (Å²) < 4.78 is 4.74. The molecule has 0 spiro atoms. The minimum atomic E-state index is -0.194. The van der Waals surface area contributed by atoms with E-state index in [9.17, 15) is 4.79 Å². The Morgan fingerprint density at radius 2 is 1.90 bits per heavy atom. The molecule has 0 aromatic carbocycles. The molecular weight excluding hydrogens is 260 g/mol. The van der Waals surface area contributed by atoms with Gasteiger partial charge in [-0.05, 0) is 59.3 Å². The van der Waals surface area contributed by atoms with E-state index >= 15 is 0 Å². The van der Waals surface area contributed by atoms with E-state index in [4.69, 9.17) is 4.74 Å². The molecule has 0 atom stereocenters. The molecule has 116 valence electrons. The zero-order valence-corrected chi connectivity index (χ0v) is 13.9. The van der Waals surface area contributed by atoms with Crippen molar-refractivity contribution in [2.24, 2.45) is 0 Å². The lowest BCUT2D eigenvalue weighted by molar-refractivity contribution is -0.136. The Morgan fingerprint density at radius 3 is 2.48 bits per heavy atom. The number of hydrogen-bond acceptors (Lipinski definition) is 2. The molecule has 0 unspecified atom stereocenters. The lowest BCUT2D eigenvalue weighted by Crippen LogP contribution is -2.06. The maximum Gasteiger partial charge on any atom is 0.333 e. The highest BCUT2D eigenvalue weighted by atomic mass is 16.5. The highest BCUT2D eigenvalue weighted by molar-refractivity contribution is 5.88. The van der Waals surface area contributed by atoms with Gasteiger partial charge in [-0.3, -0.25) is 0 Å².